The monoisotopic (exact) mass is 348 g/mol. The van der Waals surface area contributed by atoms with E-state index in [0.29, 0.717) is 25.1 Å². The number of alkyl carbamates (subject to hydrolysis) is 1. The van der Waals surface area contributed by atoms with Crippen molar-refractivity contribution in [1.29, 1.82) is 0 Å². The molecule has 0 saturated heterocycles. The Balaban J connectivity index is 1.90. The Hall–Kier alpha value is -1.75. The van der Waals surface area contributed by atoms with Crippen LogP contribution in [-0.4, -0.2) is 38.0 Å². The van der Waals surface area contributed by atoms with Crippen LogP contribution in [0.2, 0.25) is 0 Å². The van der Waals surface area contributed by atoms with E-state index in [1.54, 1.807) is 7.11 Å². The average molecular weight is 348 g/mol. The highest BCUT2D eigenvalue weighted by atomic mass is 16.6. The molecular weight excluding hydrogens is 316 g/mol. The fourth-order valence-electron chi connectivity index (χ4n) is 3.29. The quantitative estimate of drug-likeness (QED) is 0.782. The second-order valence-electron chi connectivity index (χ2n) is 7.72. The molecule has 0 radical (unpaired) electrons. The van der Waals surface area contributed by atoms with Crippen molar-refractivity contribution in [3.8, 4) is 0 Å². The van der Waals surface area contributed by atoms with Crippen LogP contribution in [0.4, 0.5) is 10.5 Å². The summed E-state index contributed by atoms with van der Waals surface area (Å²) >= 11 is 0. The van der Waals surface area contributed by atoms with Crippen LogP contribution in [0.25, 0.3) is 0 Å². The maximum absolute atomic E-state index is 11.9. The molecule has 0 aromatic heterocycles. The maximum Gasteiger partial charge on any atom is 0.407 e. The fraction of sp³-hybridized carbons (Fsp3) is 0.650. The number of amides is 1. The standard InChI is InChI=1S/C20H32N2O3/c1-20(2,3)25-19(23)21-14-16-9-7-11-18(16)22-17-10-6-5-8-15(17)12-13-24-4/h5-6,8,10,16,18,22H,7,9,11-14H2,1-4H3,(H,21,23). The van der Waals surface area contributed by atoms with Gasteiger partial charge in [-0.15, -0.1) is 0 Å². The summed E-state index contributed by atoms with van der Waals surface area (Å²) in [4.78, 5) is 11.9. The highest BCUT2D eigenvalue weighted by molar-refractivity contribution is 5.67. The van der Waals surface area contributed by atoms with E-state index in [9.17, 15) is 4.79 Å². The van der Waals surface area contributed by atoms with Gasteiger partial charge in [0.2, 0.25) is 0 Å². The van der Waals surface area contributed by atoms with Gasteiger partial charge >= 0.3 is 6.09 Å². The Morgan fingerprint density at radius 3 is 2.72 bits per heavy atom. The van der Waals surface area contributed by atoms with Gasteiger partial charge in [0.1, 0.15) is 5.60 Å². The number of para-hydroxylation sites is 1. The molecule has 1 aliphatic rings. The van der Waals surface area contributed by atoms with Crippen LogP contribution >= 0.6 is 0 Å². The third-order valence-electron chi connectivity index (χ3n) is 4.50. The number of benzene rings is 1. The molecule has 1 amide bonds. The SMILES string of the molecule is COCCc1ccccc1NC1CCCC1CNC(=O)OC(C)(C)C. The van der Waals surface area contributed by atoms with Gasteiger partial charge in [-0.05, 0) is 57.6 Å². The molecule has 25 heavy (non-hydrogen) atoms. The van der Waals surface area contributed by atoms with E-state index < -0.39 is 5.60 Å². The van der Waals surface area contributed by atoms with Gasteiger partial charge in [-0.3, -0.25) is 0 Å². The van der Waals surface area contributed by atoms with E-state index in [0.717, 1.165) is 19.3 Å². The molecule has 2 N–H and O–H groups in total. The highest BCUT2D eigenvalue weighted by Crippen LogP contribution is 2.29. The fourth-order valence-corrected chi connectivity index (χ4v) is 3.29. The van der Waals surface area contributed by atoms with Gasteiger partial charge in [-0.2, -0.15) is 0 Å². The van der Waals surface area contributed by atoms with E-state index in [-0.39, 0.29) is 6.09 Å². The van der Waals surface area contributed by atoms with Crippen molar-refractivity contribution in [2.45, 2.75) is 58.1 Å². The minimum absolute atomic E-state index is 0.335. The first kappa shape index (κ1) is 19.6. The Labute approximate surface area is 151 Å². The first-order valence-corrected chi connectivity index (χ1v) is 9.19. The molecular formula is C20H32N2O3. The summed E-state index contributed by atoms with van der Waals surface area (Å²) in [7, 11) is 1.73. The van der Waals surface area contributed by atoms with Crippen LogP contribution in [-0.2, 0) is 15.9 Å². The molecule has 1 aromatic carbocycles. The van der Waals surface area contributed by atoms with Crippen molar-refractivity contribution in [2.24, 2.45) is 5.92 Å². The number of hydrogen-bond acceptors (Lipinski definition) is 4. The van der Waals surface area contributed by atoms with Gasteiger partial charge in [0.25, 0.3) is 0 Å². The van der Waals surface area contributed by atoms with Crippen molar-refractivity contribution >= 4 is 11.8 Å². The number of carbonyl (C=O) groups is 1. The lowest BCUT2D eigenvalue weighted by molar-refractivity contribution is 0.0519. The molecule has 1 aliphatic carbocycles. The van der Waals surface area contributed by atoms with Gasteiger partial charge in [-0.1, -0.05) is 24.6 Å². The number of rotatable bonds is 7. The summed E-state index contributed by atoms with van der Waals surface area (Å²) in [5.74, 6) is 0.419. The molecule has 2 atom stereocenters. The lowest BCUT2D eigenvalue weighted by Crippen LogP contribution is -2.38. The van der Waals surface area contributed by atoms with Crippen LogP contribution in [0.15, 0.2) is 24.3 Å². The zero-order valence-corrected chi connectivity index (χ0v) is 15.9. The lowest BCUT2D eigenvalue weighted by atomic mass is 10.0. The number of carbonyl (C=O) groups excluding carboxylic acids is 1. The number of ether oxygens (including phenoxy) is 2. The Kier molecular flexibility index (Phi) is 7.12. The molecule has 0 spiro atoms. The van der Waals surface area contributed by atoms with E-state index in [1.165, 1.54) is 17.7 Å². The van der Waals surface area contributed by atoms with Gasteiger partial charge in [0.15, 0.2) is 0 Å². The van der Waals surface area contributed by atoms with E-state index in [2.05, 4.69) is 34.9 Å². The van der Waals surface area contributed by atoms with Crippen molar-refractivity contribution in [3.63, 3.8) is 0 Å². The highest BCUT2D eigenvalue weighted by Gasteiger charge is 2.28. The summed E-state index contributed by atoms with van der Waals surface area (Å²) in [6.07, 6.45) is 3.98. The van der Waals surface area contributed by atoms with Crippen LogP contribution < -0.4 is 10.6 Å². The van der Waals surface area contributed by atoms with Crippen LogP contribution in [0, 0.1) is 5.92 Å². The Morgan fingerprint density at radius 1 is 1.24 bits per heavy atom. The smallest absolute Gasteiger partial charge is 0.407 e. The van der Waals surface area contributed by atoms with E-state index >= 15 is 0 Å². The first-order valence-electron chi connectivity index (χ1n) is 9.19. The molecule has 1 fully saturated rings. The summed E-state index contributed by atoms with van der Waals surface area (Å²) in [6, 6.07) is 8.76. The number of hydrogen-bond donors (Lipinski definition) is 2. The van der Waals surface area contributed by atoms with Crippen LogP contribution in [0.1, 0.15) is 45.6 Å². The second-order valence-corrected chi connectivity index (χ2v) is 7.72. The molecule has 0 bridgehead atoms. The minimum atomic E-state index is -0.461. The first-order chi connectivity index (χ1) is 11.9. The molecule has 1 saturated carbocycles. The summed E-state index contributed by atoms with van der Waals surface area (Å²) in [5.41, 5.74) is 1.99. The summed E-state index contributed by atoms with van der Waals surface area (Å²) in [5, 5.41) is 6.62. The Bertz CT molecular complexity index is 554. The molecule has 2 unspecified atom stereocenters. The zero-order valence-electron chi connectivity index (χ0n) is 15.9. The Morgan fingerprint density at radius 2 is 2.00 bits per heavy atom. The van der Waals surface area contributed by atoms with E-state index in [4.69, 9.17) is 9.47 Å². The van der Waals surface area contributed by atoms with Crippen LogP contribution in [0.5, 0.6) is 0 Å². The summed E-state index contributed by atoms with van der Waals surface area (Å²) < 4.78 is 10.5. The molecule has 0 heterocycles. The molecule has 2 rings (SSSR count). The topological polar surface area (TPSA) is 59.6 Å². The molecule has 0 aliphatic heterocycles. The molecule has 5 heteroatoms. The predicted octanol–water partition coefficient (Wildman–Crippen LogP) is 3.98. The summed E-state index contributed by atoms with van der Waals surface area (Å²) in [6.45, 7) is 7.00. The number of anilines is 1. The minimum Gasteiger partial charge on any atom is -0.444 e. The largest absolute Gasteiger partial charge is 0.444 e. The second kappa shape index (κ2) is 9.09. The van der Waals surface area contributed by atoms with Crippen molar-refractivity contribution < 1.29 is 14.3 Å². The maximum atomic E-state index is 11.9. The van der Waals surface area contributed by atoms with Gasteiger partial charge < -0.3 is 20.1 Å². The average Bonchev–Trinajstić information content (AvgIpc) is 2.98. The van der Waals surface area contributed by atoms with Crippen molar-refractivity contribution in [2.75, 3.05) is 25.6 Å². The van der Waals surface area contributed by atoms with Gasteiger partial charge in [0, 0.05) is 25.4 Å². The van der Waals surface area contributed by atoms with Crippen molar-refractivity contribution in [3.05, 3.63) is 29.8 Å². The number of methoxy groups -OCH3 is 1. The lowest BCUT2D eigenvalue weighted by Gasteiger charge is -2.25. The third-order valence-corrected chi connectivity index (χ3v) is 4.50. The van der Waals surface area contributed by atoms with Crippen LogP contribution in [0.3, 0.4) is 0 Å². The molecule has 140 valence electrons. The molecule has 5 nitrogen and oxygen atoms in total. The van der Waals surface area contributed by atoms with Gasteiger partial charge in [0.05, 0.1) is 6.61 Å². The normalized spacial score (nSPS) is 20.3. The van der Waals surface area contributed by atoms with Gasteiger partial charge in [-0.25, -0.2) is 4.79 Å². The van der Waals surface area contributed by atoms with Crippen molar-refractivity contribution in [1.82, 2.24) is 5.32 Å². The van der Waals surface area contributed by atoms with E-state index in [1.807, 2.05) is 20.8 Å². The predicted molar refractivity (Wildman–Crippen MR) is 101 cm³/mol. The third kappa shape index (κ3) is 6.58. The number of nitrogens with one attached hydrogen (secondary N) is 2. The zero-order chi connectivity index (χ0) is 18.3. The molecule has 1 aromatic rings.